The fraction of sp³-hybridized carbons (Fsp3) is 0.192. The van der Waals surface area contributed by atoms with Gasteiger partial charge in [-0.15, -0.1) is 0 Å². The second-order valence-electron chi connectivity index (χ2n) is 8.92. The largest absolute Gasteiger partial charge is 0.354 e. The molecular formula is C26H22Cl2N2O. The van der Waals surface area contributed by atoms with Crippen molar-refractivity contribution in [3.05, 3.63) is 93.5 Å². The molecule has 156 valence electrons. The molecule has 31 heavy (non-hydrogen) atoms. The van der Waals surface area contributed by atoms with E-state index in [1.165, 1.54) is 0 Å². The molecule has 0 unspecified atom stereocenters. The van der Waals surface area contributed by atoms with Crippen LogP contribution in [-0.2, 0) is 0 Å². The van der Waals surface area contributed by atoms with E-state index in [2.05, 4.69) is 44.0 Å². The lowest BCUT2D eigenvalue weighted by atomic mass is 9.91. The molecule has 5 heteroatoms. The van der Waals surface area contributed by atoms with Gasteiger partial charge in [-0.3, -0.25) is 4.79 Å². The third-order valence-electron chi connectivity index (χ3n) is 5.91. The van der Waals surface area contributed by atoms with Crippen LogP contribution in [0.1, 0.15) is 48.3 Å². The first-order valence-electron chi connectivity index (χ1n) is 10.3. The number of nitrogens with one attached hydrogen (secondary N) is 1. The van der Waals surface area contributed by atoms with E-state index in [0.29, 0.717) is 10.0 Å². The summed E-state index contributed by atoms with van der Waals surface area (Å²) in [5.74, 6) is 0.0477. The minimum Gasteiger partial charge on any atom is -0.354 e. The van der Waals surface area contributed by atoms with Gasteiger partial charge in [-0.2, -0.15) is 0 Å². The molecule has 0 fully saturated rings. The molecule has 5 rings (SSSR count). The number of hydrogen-bond donors (Lipinski definition) is 1. The quantitative estimate of drug-likeness (QED) is 0.338. The Bertz CT molecular complexity index is 1330. The number of aromatic amines is 1. The number of carbonyl (C=O) groups excluding carboxylic acids is 1. The van der Waals surface area contributed by atoms with Crippen molar-refractivity contribution in [2.24, 2.45) is 0 Å². The Hall–Kier alpha value is -2.75. The number of aromatic nitrogens is 1. The summed E-state index contributed by atoms with van der Waals surface area (Å²) in [7, 11) is 0. The van der Waals surface area contributed by atoms with E-state index < -0.39 is 0 Å². The summed E-state index contributed by atoms with van der Waals surface area (Å²) in [6.45, 7) is 6.23. The Morgan fingerprint density at radius 3 is 2.35 bits per heavy atom. The van der Waals surface area contributed by atoms with Crippen molar-refractivity contribution < 1.29 is 4.79 Å². The Kier molecular flexibility index (Phi) is 4.65. The third kappa shape index (κ3) is 3.15. The fourth-order valence-electron chi connectivity index (χ4n) is 4.65. The first-order chi connectivity index (χ1) is 14.8. The minimum atomic E-state index is -0.375. The first-order valence-corrected chi connectivity index (χ1v) is 11.0. The molecule has 0 saturated heterocycles. The van der Waals surface area contributed by atoms with Crippen LogP contribution >= 0.6 is 23.2 Å². The maximum Gasteiger partial charge on any atom is 0.255 e. The molecule has 0 spiro atoms. The zero-order valence-corrected chi connectivity index (χ0v) is 19.1. The summed E-state index contributed by atoms with van der Waals surface area (Å²) in [5.41, 5.74) is 5.21. The second kappa shape index (κ2) is 7.15. The molecule has 4 aromatic rings. The van der Waals surface area contributed by atoms with Gasteiger partial charge < -0.3 is 9.88 Å². The van der Waals surface area contributed by atoms with Crippen LogP contribution in [0.5, 0.6) is 0 Å². The van der Waals surface area contributed by atoms with Crippen LogP contribution in [0.3, 0.4) is 0 Å². The first kappa shape index (κ1) is 20.2. The molecule has 3 aromatic carbocycles. The van der Waals surface area contributed by atoms with Crippen molar-refractivity contribution in [3.8, 4) is 11.3 Å². The highest BCUT2D eigenvalue weighted by atomic mass is 35.5. The zero-order chi connectivity index (χ0) is 21.9. The van der Waals surface area contributed by atoms with Crippen LogP contribution in [0.15, 0.2) is 66.7 Å². The summed E-state index contributed by atoms with van der Waals surface area (Å²) in [5, 5.41) is 2.23. The third-order valence-corrected chi connectivity index (χ3v) is 6.45. The van der Waals surface area contributed by atoms with E-state index in [4.69, 9.17) is 23.2 Å². The molecule has 1 atom stereocenters. The molecule has 1 aromatic heterocycles. The van der Waals surface area contributed by atoms with E-state index in [0.717, 1.165) is 38.9 Å². The summed E-state index contributed by atoms with van der Waals surface area (Å²) in [6.07, 6.45) is 0. The lowest BCUT2D eigenvalue weighted by Gasteiger charge is -2.38. The molecule has 3 nitrogen and oxygen atoms in total. The molecule has 0 radical (unpaired) electrons. The zero-order valence-electron chi connectivity index (χ0n) is 17.5. The monoisotopic (exact) mass is 448 g/mol. The number of hydrogen-bond acceptors (Lipinski definition) is 1. The van der Waals surface area contributed by atoms with Crippen LogP contribution in [0, 0.1) is 0 Å². The summed E-state index contributed by atoms with van der Waals surface area (Å²) in [4.78, 5) is 19.1. The maximum atomic E-state index is 13.5. The molecular weight excluding hydrogens is 427 g/mol. The van der Waals surface area contributed by atoms with Gasteiger partial charge in [-0.05, 0) is 56.7 Å². The predicted molar refractivity (Wildman–Crippen MR) is 128 cm³/mol. The average Bonchev–Trinajstić information content (AvgIpc) is 3.23. The second-order valence-corrected chi connectivity index (χ2v) is 9.76. The fourth-order valence-corrected chi connectivity index (χ4v) is 5.15. The van der Waals surface area contributed by atoms with Gasteiger partial charge in [-0.1, -0.05) is 59.6 Å². The summed E-state index contributed by atoms with van der Waals surface area (Å²) < 4.78 is 0. The molecule has 0 saturated carbocycles. The van der Waals surface area contributed by atoms with Crippen molar-refractivity contribution in [1.82, 2.24) is 9.88 Å². The van der Waals surface area contributed by atoms with Crippen LogP contribution < -0.4 is 0 Å². The van der Waals surface area contributed by atoms with Crippen LogP contribution in [0.2, 0.25) is 10.0 Å². The highest BCUT2D eigenvalue weighted by Crippen LogP contribution is 2.48. The predicted octanol–water partition coefficient (Wildman–Crippen LogP) is 7.49. The number of carbonyl (C=O) groups is 1. The van der Waals surface area contributed by atoms with Crippen molar-refractivity contribution in [2.45, 2.75) is 32.4 Å². The number of para-hydroxylation sites is 1. The number of H-pyrrole nitrogens is 1. The normalized spacial score (nSPS) is 16.2. The molecule has 1 aliphatic rings. The van der Waals surface area contributed by atoms with Crippen molar-refractivity contribution in [2.75, 3.05) is 0 Å². The number of halogens is 2. The highest BCUT2D eigenvalue weighted by molar-refractivity contribution is 6.36. The molecule has 1 aliphatic heterocycles. The van der Waals surface area contributed by atoms with E-state index in [1.807, 2.05) is 47.4 Å². The average molecular weight is 449 g/mol. The van der Waals surface area contributed by atoms with Crippen molar-refractivity contribution >= 4 is 40.0 Å². The van der Waals surface area contributed by atoms with Gasteiger partial charge >= 0.3 is 0 Å². The molecule has 2 heterocycles. The number of benzene rings is 3. The minimum absolute atomic E-state index is 0.0477. The Morgan fingerprint density at radius 1 is 0.903 bits per heavy atom. The molecule has 0 bridgehead atoms. The van der Waals surface area contributed by atoms with Gasteiger partial charge in [0.05, 0.1) is 16.8 Å². The van der Waals surface area contributed by atoms with E-state index in [-0.39, 0.29) is 17.5 Å². The highest BCUT2D eigenvalue weighted by Gasteiger charge is 2.45. The number of amides is 1. The van der Waals surface area contributed by atoms with Crippen LogP contribution in [0.4, 0.5) is 0 Å². The lowest BCUT2D eigenvalue weighted by Crippen LogP contribution is -2.44. The number of rotatable bonds is 2. The van der Waals surface area contributed by atoms with Gasteiger partial charge in [0.15, 0.2) is 0 Å². The standard InChI is InChI=1S/C26H22Cl2N2O/c1-26(2,3)30-24(16-8-4-5-9-17(16)25(30)31)22-19-10-6-7-11-21(19)29-23(22)18-13-12-15(27)14-20(18)28/h4-14,24,29H,1-3H3/t24-/m0/s1. The summed E-state index contributed by atoms with van der Waals surface area (Å²) in [6, 6.07) is 21.4. The molecule has 1 amide bonds. The van der Waals surface area contributed by atoms with Crippen LogP contribution in [0.25, 0.3) is 22.2 Å². The van der Waals surface area contributed by atoms with Gasteiger partial charge in [-0.25, -0.2) is 0 Å². The van der Waals surface area contributed by atoms with E-state index >= 15 is 0 Å². The van der Waals surface area contributed by atoms with E-state index in [1.54, 1.807) is 6.07 Å². The van der Waals surface area contributed by atoms with Gasteiger partial charge in [0, 0.05) is 38.2 Å². The Labute approximate surface area is 191 Å². The SMILES string of the molecule is CC(C)(C)N1C(=O)c2ccccc2[C@H]1c1c(-c2ccc(Cl)cc2Cl)[nH]c2ccccc12. The van der Waals surface area contributed by atoms with Crippen molar-refractivity contribution in [3.63, 3.8) is 0 Å². The number of nitrogens with zero attached hydrogens (tertiary/aromatic N) is 1. The Morgan fingerprint density at radius 2 is 1.61 bits per heavy atom. The molecule has 0 aliphatic carbocycles. The van der Waals surface area contributed by atoms with E-state index in [9.17, 15) is 4.79 Å². The maximum absolute atomic E-state index is 13.5. The number of fused-ring (bicyclic) bond motifs is 2. The van der Waals surface area contributed by atoms with Gasteiger partial charge in [0.1, 0.15) is 0 Å². The van der Waals surface area contributed by atoms with Gasteiger partial charge in [0.25, 0.3) is 5.91 Å². The Balaban J connectivity index is 1.86. The molecule has 1 N–H and O–H groups in total. The van der Waals surface area contributed by atoms with Crippen molar-refractivity contribution in [1.29, 1.82) is 0 Å². The summed E-state index contributed by atoms with van der Waals surface area (Å²) >= 11 is 12.8. The topological polar surface area (TPSA) is 36.1 Å². The van der Waals surface area contributed by atoms with Crippen LogP contribution in [-0.4, -0.2) is 21.3 Å². The van der Waals surface area contributed by atoms with Gasteiger partial charge in [0.2, 0.25) is 0 Å². The lowest BCUT2D eigenvalue weighted by molar-refractivity contribution is 0.0554. The smallest absolute Gasteiger partial charge is 0.255 e.